The molecule has 0 aromatic carbocycles. The van der Waals surface area contributed by atoms with Crippen molar-refractivity contribution in [2.24, 2.45) is 11.8 Å². The van der Waals surface area contributed by atoms with E-state index in [1.54, 1.807) is 11.3 Å². The Morgan fingerprint density at radius 2 is 2.50 bits per heavy atom. The van der Waals surface area contributed by atoms with Crippen LogP contribution in [0, 0.1) is 5.92 Å². The summed E-state index contributed by atoms with van der Waals surface area (Å²) in [7, 11) is 0. The predicted molar refractivity (Wildman–Crippen MR) is 69.0 cm³/mol. The van der Waals surface area contributed by atoms with Crippen LogP contribution in [0.1, 0.15) is 30.2 Å². The van der Waals surface area contributed by atoms with E-state index in [0.29, 0.717) is 5.92 Å². The molecule has 0 radical (unpaired) electrons. The topological polar surface area (TPSA) is 69.4 Å². The van der Waals surface area contributed by atoms with E-state index in [9.17, 15) is 0 Å². The van der Waals surface area contributed by atoms with Crippen molar-refractivity contribution in [2.45, 2.75) is 30.9 Å². The summed E-state index contributed by atoms with van der Waals surface area (Å²) in [6.45, 7) is 2.34. The molecule has 3 atom stereocenters. The Kier molecular flexibility index (Phi) is 3.63. The van der Waals surface area contributed by atoms with Gasteiger partial charge in [0.2, 0.25) is 0 Å². The summed E-state index contributed by atoms with van der Waals surface area (Å²) < 4.78 is 11.5. The van der Waals surface area contributed by atoms with Crippen LogP contribution in [0.25, 0.3) is 0 Å². The van der Waals surface area contributed by atoms with Crippen LogP contribution in [0.3, 0.4) is 0 Å². The van der Waals surface area contributed by atoms with Crippen molar-refractivity contribution >= 4 is 11.3 Å². The molecule has 1 spiro atoms. The van der Waals surface area contributed by atoms with Crippen LogP contribution < -0.4 is 11.3 Å². The summed E-state index contributed by atoms with van der Waals surface area (Å²) in [6, 6.07) is 0.180. The molecule has 6 heteroatoms. The molecule has 1 aromatic heterocycles. The number of ether oxygens (including phenoxy) is 2. The van der Waals surface area contributed by atoms with E-state index in [4.69, 9.17) is 15.3 Å². The summed E-state index contributed by atoms with van der Waals surface area (Å²) in [5.41, 5.74) is 4.74. The van der Waals surface area contributed by atoms with E-state index < -0.39 is 0 Å². The summed E-state index contributed by atoms with van der Waals surface area (Å²) in [5, 5.41) is 0. The Morgan fingerprint density at radius 1 is 1.56 bits per heavy atom. The second-order valence-corrected chi connectivity index (χ2v) is 6.05. The number of nitrogens with zero attached hydrogens (tertiary/aromatic N) is 1. The van der Waals surface area contributed by atoms with Crippen LogP contribution in [0.4, 0.5) is 0 Å². The molecule has 1 aromatic rings. The standard InChI is InChI=1S/C12H19N3O2S/c13-15-11(10-6-14-8-18-10)9-1-3-17-12(5-9)2-4-16-7-12/h6,8-9,11,15H,1-5,7,13H2. The van der Waals surface area contributed by atoms with E-state index in [0.717, 1.165) is 39.1 Å². The molecule has 3 rings (SSSR count). The first-order valence-corrected chi connectivity index (χ1v) is 7.27. The van der Waals surface area contributed by atoms with Gasteiger partial charge in [-0.3, -0.25) is 16.3 Å². The van der Waals surface area contributed by atoms with Crippen molar-refractivity contribution in [1.29, 1.82) is 0 Å². The molecule has 0 amide bonds. The first-order chi connectivity index (χ1) is 8.83. The van der Waals surface area contributed by atoms with Crippen LogP contribution in [-0.2, 0) is 9.47 Å². The minimum Gasteiger partial charge on any atom is -0.378 e. The third-order valence-corrected chi connectivity index (χ3v) is 4.87. The lowest BCUT2D eigenvalue weighted by atomic mass is 9.81. The zero-order valence-electron chi connectivity index (χ0n) is 10.3. The quantitative estimate of drug-likeness (QED) is 0.638. The van der Waals surface area contributed by atoms with Crippen LogP contribution in [0.5, 0.6) is 0 Å². The Morgan fingerprint density at radius 3 is 3.17 bits per heavy atom. The van der Waals surface area contributed by atoms with Crippen molar-refractivity contribution in [2.75, 3.05) is 19.8 Å². The van der Waals surface area contributed by atoms with Gasteiger partial charge in [-0.25, -0.2) is 0 Å². The number of hydrogen-bond acceptors (Lipinski definition) is 6. The van der Waals surface area contributed by atoms with Crippen molar-refractivity contribution in [3.8, 4) is 0 Å². The van der Waals surface area contributed by atoms with Crippen LogP contribution in [-0.4, -0.2) is 30.4 Å². The zero-order valence-corrected chi connectivity index (χ0v) is 11.1. The van der Waals surface area contributed by atoms with Crippen molar-refractivity contribution in [3.05, 3.63) is 16.6 Å². The van der Waals surface area contributed by atoms with Gasteiger partial charge in [0, 0.05) is 30.7 Å². The summed E-state index contributed by atoms with van der Waals surface area (Å²) >= 11 is 1.65. The van der Waals surface area contributed by atoms with E-state index in [1.807, 2.05) is 11.7 Å². The highest BCUT2D eigenvalue weighted by Crippen LogP contribution is 2.41. The minimum atomic E-state index is -0.0668. The number of nitrogens with two attached hydrogens (primary N) is 1. The fraction of sp³-hybridized carbons (Fsp3) is 0.750. The summed E-state index contributed by atoms with van der Waals surface area (Å²) in [5.74, 6) is 6.23. The van der Waals surface area contributed by atoms with Gasteiger partial charge in [-0.15, -0.1) is 11.3 Å². The van der Waals surface area contributed by atoms with Gasteiger partial charge < -0.3 is 9.47 Å². The fourth-order valence-electron chi connectivity index (χ4n) is 3.04. The minimum absolute atomic E-state index is 0.0668. The maximum atomic E-state index is 5.96. The first-order valence-electron chi connectivity index (χ1n) is 6.39. The van der Waals surface area contributed by atoms with Gasteiger partial charge in [-0.2, -0.15) is 0 Å². The van der Waals surface area contributed by atoms with Crippen LogP contribution in [0.15, 0.2) is 11.7 Å². The monoisotopic (exact) mass is 269 g/mol. The second-order valence-electron chi connectivity index (χ2n) is 5.14. The van der Waals surface area contributed by atoms with Crippen molar-refractivity contribution < 1.29 is 9.47 Å². The molecule has 2 saturated heterocycles. The lowest BCUT2D eigenvalue weighted by Crippen LogP contribution is -2.45. The third kappa shape index (κ3) is 2.31. The van der Waals surface area contributed by atoms with Crippen molar-refractivity contribution in [1.82, 2.24) is 10.4 Å². The maximum Gasteiger partial charge on any atom is 0.0940 e. The molecular weight excluding hydrogens is 250 g/mol. The number of hydrogen-bond donors (Lipinski definition) is 2. The largest absolute Gasteiger partial charge is 0.378 e. The average Bonchev–Trinajstić information content (AvgIpc) is 3.03. The average molecular weight is 269 g/mol. The molecular formula is C12H19N3O2S. The number of hydrazine groups is 1. The predicted octanol–water partition coefficient (Wildman–Crippen LogP) is 1.23. The summed E-state index contributed by atoms with van der Waals surface area (Å²) in [4.78, 5) is 5.35. The lowest BCUT2D eigenvalue weighted by molar-refractivity contribution is -0.103. The molecule has 2 aliphatic rings. The molecule has 5 nitrogen and oxygen atoms in total. The van der Waals surface area contributed by atoms with Gasteiger partial charge in [0.1, 0.15) is 0 Å². The molecule has 3 unspecified atom stereocenters. The van der Waals surface area contributed by atoms with Gasteiger partial charge >= 0.3 is 0 Å². The van der Waals surface area contributed by atoms with Gasteiger partial charge in [-0.1, -0.05) is 0 Å². The van der Waals surface area contributed by atoms with E-state index >= 15 is 0 Å². The molecule has 0 bridgehead atoms. The van der Waals surface area contributed by atoms with E-state index in [1.165, 1.54) is 4.88 Å². The number of rotatable bonds is 3. The number of nitrogens with one attached hydrogen (secondary N) is 1. The number of aromatic nitrogens is 1. The molecule has 0 saturated carbocycles. The summed E-state index contributed by atoms with van der Waals surface area (Å²) in [6.07, 6.45) is 4.96. The second kappa shape index (κ2) is 5.22. The van der Waals surface area contributed by atoms with Gasteiger partial charge in [0.05, 0.1) is 23.8 Å². The highest BCUT2D eigenvalue weighted by Gasteiger charge is 2.43. The van der Waals surface area contributed by atoms with E-state index in [2.05, 4.69) is 10.4 Å². The Labute approximate surface area is 111 Å². The van der Waals surface area contributed by atoms with Crippen LogP contribution in [0.2, 0.25) is 0 Å². The fourth-order valence-corrected chi connectivity index (χ4v) is 3.82. The molecule has 2 fully saturated rings. The molecule has 18 heavy (non-hydrogen) atoms. The molecule has 0 aliphatic carbocycles. The molecule has 3 N–H and O–H groups in total. The number of thiazole rings is 1. The molecule has 2 aliphatic heterocycles. The Balaban J connectivity index is 1.74. The maximum absolute atomic E-state index is 5.96. The highest BCUT2D eigenvalue weighted by molar-refractivity contribution is 7.09. The highest BCUT2D eigenvalue weighted by atomic mass is 32.1. The first kappa shape index (κ1) is 12.5. The molecule has 3 heterocycles. The van der Waals surface area contributed by atoms with Crippen molar-refractivity contribution in [3.63, 3.8) is 0 Å². The van der Waals surface area contributed by atoms with Gasteiger partial charge in [0.15, 0.2) is 0 Å². The Hall–Kier alpha value is -0.530. The lowest BCUT2D eigenvalue weighted by Gasteiger charge is -2.39. The normalized spacial score (nSPS) is 33.9. The zero-order chi connectivity index (χ0) is 12.4. The van der Waals surface area contributed by atoms with Gasteiger partial charge in [0.25, 0.3) is 0 Å². The SMILES string of the molecule is NNC(c1cncs1)C1CCOC2(CCOC2)C1. The van der Waals surface area contributed by atoms with E-state index in [-0.39, 0.29) is 11.6 Å². The van der Waals surface area contributed by atoms with Crippen LogP contribution >= 0.6 is 11.3 Å². The molecule has 100 valence electrons. The third-order valence-electron chi connectivity index (χ3n) is 4.01. The Bertz CT molecular complexity index is 379. The smallest absolute Gasteiger partial charge is 0.0940 e. The van der Waals surface area contributed by atoms with Gasteiger partial charge in [-0.05, 0) is 18.8 Å².